The molecule has 0 aliphatic rings. The van der Waals surface area contributed by atoms with Gasteiger partial charge >= 0.3 is 5.69 Å². The molecule has 1 aromatic heterocycles. The number of aromatic amines is 1. The molecule has 3 aromatic carbocycles. The number of aromatic hydroxyl groups is 1. The fraction of sp³-hybridized carbons (Fsp3) is 0.214. The lowest BCUT2D eigenvalue weighted by molar-refractivity contribution is -0.120. The summed E-state index contributed by atoms with van der Waals surface area (Å²) in [6, 6.07) is 18.5. The van der Waals surface area contributed by atoms with Gasteiger partial charge in [-0.2, -0.15) is 0 Å². The number of rotatable bonds is 10. The SMILES string of the molecule is CC(c1ccccc1)C(C(=O)Nc1ccc(I)cc1F)n1c(O)c(-c2ccc(OCC(O)CO)cc2)[nH]c1=O. The van der Waals surface area contributed by atoms with Crippen LogP contribution in [0.25, 0.3) is 11.3 Å². The van der Waals surface area contributed by atoms with Gasteiger partial charge in [-0.05, 0) is 70.6 Å². The number of nitrogens with one attached hydrogen (secondary N) is 2. The Morgan fingerprint density at radius 3 is 2.46 bits per heavy atom. The highest BCUT2D eigenvalue weighted by molar-refractivity contribution is 14.1. The molecule has 0 aliphatic carbocycles. The molecule has 0 radical (unpaired) electrons. The summed E-state index contributed by atoms with van der Waals surface area (Å²) in [7, 11) is 0. The van der Waals surface area contributed by atoms with Gasteiger partial charge in [0, 0.05) is 15.1 Å². The summed E-state index contributed by atoms with van der Waals surface area (Å²) in [4.78, 5) is 29.4. The van der Waals surface area contributed by atoms with E-state index in [1.54, 1.807) is 61.5 Å². The molecule has 4 rings (SSSR count). The number of aliphatic hydroxyl groups is 2. The first kappa shape index (κ1) is 28.3. The molecule has 0 saturated carbocycles. The van der Waals surface area contributed by atoms with Crippen molar-refractivity contribution < 1.29 is 29.2 Å². The number of hydrogen-bond acceptors (Lipinski definition) is 6. The van der Waals surface area contributed by atoms with Crippen LogP contribution >= 0.6 is 22.6 Å². The Morgan fingerprint density at radius 1 is 1.13 bits per heavy atom. The molecule has 204 valence electrons. The van der Waals surface area contributed by atoms with Crippen LogP contribution in [-0.4, -0.2) is 50.1 Å². The Morgan fingerprint density at radius 2 is 1.82 bits per heavy atom. The fourth-order valence-corrected chi connectivity index (χ4v) is 4.62. The van der Waals surface area contributed by atoms with Crippen molar-refractivity contribution in [1.82, 2.24) is 9.55 Å². The van der Waals surface area contributed by atoms with Crippen molar-refractivity contribution in [2.24, 2.45) is 0 Å². The van der Waals surface area contributed by atoms with Gasteiger partial charge in [-0.1, -0.05) is 37.3 Å². The van der Waals surface area contributed by atoms with Crippen LogP contribution in [0.4, 0.5) is 10.1 Å². The van der Waals surface area contributed by atoms with Crippen LogP contribution < -0.4 is 15.7 Å². The monoisotopic (exact) mass is 647 g/mol. The number of carbonyl (C=O) groups excluding carboxylic acids is 1. The zero-order valence-corrected chi connectivity index (χ0v) is 23.0. The van der Waals surface area contributed by atoms with Crippen LogP contribution in [0, 0.1) is 9.39 Å². The molecule has 9 nitrogen and oxygen atoms in total. The van der Waals surface area contributed by atoms with Gasteiger partial charge in [-0.25, -0.2) is 13.8 Å². The first-order valence-electron chi connectivity index (χ1n) is 12.1. The van der Waals surface area contributed by atoms with Crippen molar-refractivity contribution >= 4 is 34.2 Å². The number of imidazole rings is 1. The number of ether oxygens (including phenoxy) is 1. The van der Waals surface area contributed by atoms with Crippen LogP contribution in [0.3, 0.4) is 0 Å². The number of amides is 1. The van der Waals surface area contributed by atoms with Gasteiger partial charge in [0.05, 0.1) is 12.3 Å². The summed E-state index contributed by atoms with van der Waals surface area (Å²) in [5.41, 5.74) is 0.492. The third-order valence-electron chi connectivity index (χ3n) is 6.23. The first-order valence-corrected chi connectivity index (χ1v) is 13.1. The number of aliphatic hydroxyl groups excluding tert-OH is 2. The van der Waals surface area contributed by atoms with Gasteiger partial charge in [-0.3, -0.25) is 4.79 Å². The average Bonchev–Trinajstić information content (AvgIpc) is 3.23. The highest BCUT2D eigenvalue weighted by Crippen LogP contribution is 2.36. The summed E-state index contributed by atoms with van der Waals surface area (Å²) in [6.45, 7) is 1.20. The van der Waals surface area contributed by atoms with E-state index >= 15 is 0 Å². The maximum atomic E-state index is 14.6. The molecule has 5 N–H and O–H groups in total. The zero-order valence-electron chi connectivity index (χ0n) is 20.8. The van der Waals surface area contributed by atoms with Crippen molar-refractivity contribution in [2.45, 2.75) is 25.0 Å². The van der Waals surface area contributed by atoms with E-state index in [9.17, 15) is 24.2 Å². The molecule has 1 amide bonds. The predicted molar refractivity (Wildman–Crippen MR) is 152 cm³/mol. The van der Waals surface area contributed by atoms with Crippen LogP contribution in [0.2, 0.25) is 0 Å². The lowest BCUT2D eigenvalue weighted by atomic mass is 9.92. The fourth-order valence-electron chi connectivity index (χ4n) is 4.17. The Bertz CT molecular complexity index is 1490. The maximum absolute atomic E-state index is 14.6. The minimum Gasteiger partial charge on any atom is -0.493 e. The van der Waals surface area contributed by atoms with Crippen molar-refractivity contribution in [3.05, 3.63) is 98.2 Å². The molecule has 0 saturated heterocycles. The lowest BCUT2D eigenvalue weighted by Crippen LogP contribution is -2.35. The number of anilines is 1. The molecule has 4 aromatic rings. The van der Waals surface area contributed by atoms with E-state index in [-0.39, 0.29) is 18.0 Å². The number of benzene rings is 3. The van der Waals surface area contributed by atoms with Crippen LogP contribution in [0.5, 0.6) is 11.6 Å². The Hall–Kier alpha value is -3.68. The maximum Gasteiger partial charge on any atom is 0.329 e. The molecule has 39 heavy (non-hydrogen) atoms. The van der Waals surface area contributed by atoms with Crippen molar-refractivity contribution in [2.75, 3.05) is 18.5 Å². The van der Waals surface area contributed by atoms with Crippen molar-refractivity contribution in [3.63, 3.8) is 0 Å². The van der Waals surface area contributed by atoms with E-state index in [0.29, 0.717) is 14.9 Å². The van der Waals surface area contributed by atoms with E-state index in [0.717, 1.165) is 10.1 Å². The molecule has 0 spiro atoms. The van der Waals surface area contributed by atoms with Crippen LogP contribution in [-0.2, 0) is 4.79 Å². The van der Waals surface area contributed by atoms with Crippen LogP contribution in [0.1, 0.15) is 24.4 Å². The van der Waals surface area contributed by atoms with Gasteiger partial charge < -0.3 is 30.4 Å². The summed E-state index contributed by atoms with van der Waals surface area (Å²) < 4.78 is 21.6. The van der Waals surface area contributed by atoms with E-state index in [2.05, 4.69) is 10.3 Å². The lowest BCUT2D eigenvalue weighted by Gasteiger charge is -2.25. The number of carbonyl (C=O) groups is 1. The number of halogens is 2. The highest BCUT2D eigenvalue weighted by atomic mass is 127. The van der Waals surface area contributed by atoms with Gasteiger partial charge in [0.1, 0.15) is 36.0 Å². The summed E-state index contributed by atoms with van der Waals surface area (Å²) in [5, 5.41) is 32.2. The molecule has 0 bridgehead atoms. The molecular weight excluding hydrogens is 620 g/mol. The van der Waals surface area contributed by atoms with E-state index in [4.69, 9.17) is 9.84 Å². The van der Waals surface area contributed by atoms with E-state index < -0.39 is 48.0 Å². The van der Waals surface area contributed by atoms with E-state index in [1.165, 1.54) is 12.1 Å². The molecular formula is C28H27FIN3O6. The zero-order chi connectivity index (χ0) is 28.1. The molecule has 3 unspecified atom stereocenters. The largest absolute Gasteiger partial charge is 0.493 e. The first-order chi connectivity index (χ1) is 18.7. The van der Waals surface area contributed by atoms with Gasteiger partial charge in [-0.15, -0.1) is 0 Å². The Balaban J connectivity index is 1.71. The Kier molecular flexibility index (Phi) is 9.04. The van der Waals surface area contributed by atoms with E-state index in [1.807, 2.05) is 28.7 Å². The molecule has 1 heterocycles. The second-order valence-corrected chi connectivity index (χ2v) is 10.2. The minimum absolute atomic E-state index is 0.0455. The summed E-state index contributed by atoms with van der Waals surface area (Å²) in [6.07, 6.45) is -1.03. The molecule has 0 fully saturated rings. The number of nitrogens with zero attached hydrogens (tertiary/aromatic N) is 1. The minimum atomic E-state index is -1.23. The average molecular weight is 647 g/mol. The smallest absolute Gasteiger partial charge is 0.329 e. The number of aromatic nitrogens is 2. The van der Waals surface area contributed by atoms with Crippen molar-refractivity contribution in [1.29, 1.82) is 0 Å². The molecule has 3 atom stereocenters. The number of hydrogen-bond donors (Lipinski definition) is 5. The number of H-pyrrole nitrogens is 1. The predicted octanol–water partition coefficient (Wildman–Crippen LogP) is 4.01. The van der Waals surface area contributed by atoms with Gasteiger partial charge in [0.2, 0.25) is 11.8 Å². The molecule has 0 aliphatic heterocycles. The van der Waals surface area contributed by atoms with Gasteiger partial charge in [0.25, 0.3) is 0 Å². The van der Waals surface area contributed by atoms with Crippen molar-refractivity contribution in [3.8, 4) is 22.9 Å². The second kappa shape index (κ2) is 12.5. The standard InChI is InChI=1S/C28H27FIN3O6/c1-16(17-5-3-2-4-6-17)25(26(36)31-23-12-9-19(30)13-22(23)29)33-27(37)24(32-28(33)38)18-7-10-21(11-8-18)39-15-20(35)14-34/h2-13,16,20,25,34-35,37H,14-15H2,1H3,(H,31,36)(H,32,38). The normalized spacial score (nSPS) is 13.5. The quantitative estimate of drug-likeness (QED) is 0.165. The third kappa shape index (κ3) is 6.49. The van der Waals surface area contributed by atoms with Gasteiger partial charge in [0.15, 0.2) is 0 Å². The summed E-state index contributed by atoms with van der Waals surface area (Å²) in [5.74, 6) is -1.95. The third-order valence-corrected chi connectivity index (χ3v) is 6.90. The van der Waals surface area contributed by atoms with Crippen LogP contribution in [0.15, 0.2) is 77.6 Å². The second-order valence-electron chi connectivity index (χ2n) is 8.93. The topological polar surface area (TPSA) is 137 Å². The molecule has 11 heteroatoms. The highest BCUT2D eigenvalue weighted by Gasteiger charge is 2.33. The summed E-state index contributed by atoms with van der Waals surface area (Å²) >= 11 is 1.96. The Labute approximate surface area is 237 Å².